The van der Waals surface area contributed by atoms with Crippen molar-refractivity contribution in [1.29, 1.82) is 5.26 Å². The molecule has 7 heteroatoms. The number of nitrogens with one attached hydrogen (secondary N) is 1. The zero-order valence-corrected chi connectivity index (χ0v) is 19.5. The Morgan fingerprint density at radius 3 is 2.43 bits per heavy atom. The molecule has 0 radical (unpaired) electrons. The fourth-order valence-corrected chi connectivity index (χ4v) is 4.53. The quantitative estimate of drug-likeness (QED) is 0.279. The van der Waals surface area contributed by atoms with Crippen LogP contribution in [-0.4, -0.2) is 29.2 Å². The third kappa shape index (κ3) is 4.73. The summed E-state index contributed by atoms with van der Waals surface area (Å²) >= 11 is 0. The van der Waals surface area contributed by atoms with Gasteiger partial charge in [-0.25, -0.2) is 14.4 Å². The fraction of sp³-hybridized carbons (Fsp3) is 0.250. The van der Waals surface area contributed by atoms with Gasteiger partial charge in [0, 0.05) is 49.3 Å². The third-order valence-corrected chi connectivity index (χ3v) is 6.46. The lowest BCUT2D eigenvalue weighted by Crippen LogP contribution is -2.39. The van der Waals surface area contributed by atoms with E-state index in [-0.39, 0.29) is 11.9 Å². The van der Waals surface area contributed by atoms with Crippen molar-refractivity contribution in [1.82, 2.24) is 9.97 Å². The van der Waals surface area contributed by atoms with E-state index in [0.717, 1.165) is 65.9 Å². The van der Waals surface area contributed by atoms with E-state index in [0.29, 0.717) is 11.3 Å². The fourth-order valence-electron chi connectivity index (χ4n) is 4.53. The molecule has 2 heterocycles. The van der Waals surface area contributed by atoms with E-state index >= 15 is 0 Å². The molecule has 5 rings (SSSR count). The molecule has 0 spiro atoms. The van der Waals surface area contributed by atoms with E-state index in [4.69, 9.17) is 10.00 Å². The Bertz CT molecular complexity index is 1370. The first-order valence-corrected chi connectivity index (χ1v) is 11.9. The molecular weight excluding hydrogens is 441 g/mol. The van der Waals surface area contributed by atoms with Crippen molar-refractivity contribution in [3.05, 3.63) is 78.4 Å². The molecule has 0 aliphatic carbocycles. The Balaban J connectivity index is 1.34. The van der Waals surface area contributed by atoms with Gasteiger partial charge in [0.05, 0.1) is 5.69 Å². The molecule has 0 saturated carbocycles. The number of nitriles is 1. The van der Waals surface area contributed by atoms with Crippen LogP contribution in [0, 0.1) is 17.3 Å². The number of benzene rings is 3. The molecule has 1 fully saturated rings. The van der Waals surface area contributed by atoms with Crippen LogP contribution in [0.25, 0.3) is 21.9 Å². The zero-order chi connectivity index (χ0) is 24.2. The van der Waals surface area contributed by atoms with Gasteiger partial charge in [-0.15, -0.1) is 0 Å². The molecule has 0 amide bonds. The van der Waals surface area contributed by atoms with Gasteiger partial charge >= 0.3 is 0 Å². The van der Waals surface area contributed by atoms with Gasteiger partial charge in [-0.3, -0.25) is 5.32 Å². The van der Waals surface area contributed by atoms with E-state index < -0.39 is 0 Å². The van der Waals surface area contributed by atoms with Crippen molar-refractivity contribution < 1.29 is 9.13 Å². The van der Waals surface area contributed by atoms with Crippen LogP contribution in [0.1, 0.15) is 25.3 Å². The molecule has 35 heavy (non-hydrogen) atoms. The molecule has 0 unspecified atom stereocenters. The summed E-state index contributed by atoms with van der Waals surface area (Å²) in [6.07, 6.45) is 8.38. The van der Waals surface area contributed by atoms with Crippen molar-refractivity contribution in [2.24, 2.45) is 0 Å². The summed E-state index contributed by atoms with van der Waals surface area (Å²) in [5, 5.41) is 13.1. The van der Waals surface area contributed by atoms with Gasteiger partial charge < -0.3 is 9.64 Å². The van der Waals surface area contributed by atoms with Gasteiger partial charge in [0.2, 0.25) is 5.95 Å². The first-order valence-electron chi connectivity index (χ1n) is 11.9. The average molecular weight is 468 g/mol. The van der Waals surface area contributed by atoms with Gasteiger partial charge in [-0.1, -0.05) is 31.2 Å². The van der Waals surface area contributed by atoms with Gasteiger partial charge in [-0.2, -0.15) is 5.26 Å². The van der Waals surface area contributed by atoms with Crippen LogP contribution in [0.15, 0.2) is 67.0 Å². The predicted octanol–water partition coefficient (Wildman–Crippen LogP) is 5.94. The van der Waals surface area contributed by atoms with Crippen LogP contribution in [0.2, 0.25) is 0 Å². The number of aromatic nitrogens is 2. The highest BCUT2D eigenvalue weighted by Gasteiger charge is 2.23. The molecule has 1 aliphatic rings. The van der Waals surface area contributed by atoms with E-state index in [1.807, 2.05) is 55.0 Å². The Morgan fingerprint density at radius 2 is 1.74 bits per heavy atom. The number of ether oxygens (including phenoxy) is 1. The second-order valence-corrected chi connectivity index (χ2v) is 8.64. The molecular formula is C28H26FN5O. The van der Waals surface area contributed by atoms with Gasteiger partial charge in [0.25, 0.3) is 0 Å². The second kappa shape index (κ2) is 9.98. The number of piperidine rings is 1. The van der Waals surface area contributed by atoms with E-state index in [2.05, 4.69) is 27.1 Å². The molecule has 1 N–H and O–H groups in total. The first kappa shape index (κ1) is 22.6. The number of hydrogen-bond acceptors (Lipinski definition) is 6. The molecule has 1 aliphatic heterocycles. The maximum absolute atomic E-state index is 14.9. The Hall–Kier alpha value is -4.18. The Kier molecular flexibility index (Phi) is 6.44. The summed E-state index contributed by atoms with van der Waals surface area (Å²) in [6.45, 7) is 3.76. The largest absolute Gasteiger partial charge is 0.490 e. The van der Waals surface area contributed by atoms with E-state index in [1.165, 1.54) is 6.07 Å². The summed E-state index contributed by atoms with van der Waals surface area (Å²) in [5.74, 6) is 1.19. The van der Waals surface area contributed by atoms with Crippen molar-refractivity contribution in [2.45, 2.75) is 32.3 Å². The van der Waals surface area contributed by atoms with Crippen LogP contribution in [0.4, 0.5) is 16.0 Å². The Labute approximate surface area is 204 Å². The molecule has 0 atom stereocenters. The summed E-state index contributed by atoms with van der Waals surface area (Å²) in [4.78, 5) is 11.2. The van der Waals surface area contributed by atoms with Crippen LogP contribution >= 0.6 is 0 Å². The Morgan fingerprint density at radius 1 is 1.03 bits per heavy atom. The van der Waals surface area contributed by atoms with Crippen LogP contribution in [0.3, 0.4) is 0 Å². The lowest BCUT2D eigenvalue weighted by Gasteiger charge is -2.32. The number of fused-ring (bicyclic) bond motifs is 1. The van der Waals surface area contributed by atoms with Crippen molar-refractivity contribution >= 4 is 22.4 Å². The van der Waals surface area contributed by atoms with Gasteiger partial charge in [0.15, 0.2) is 6.19 Å². The van der Waals surface area contributed by atoms with Crippen molar-refractivity contribution in [3.63, 3.8) is 0 Å². The number of aryl methyl sites for hydroxylation is 1. The lowest BCUT2D eigenvalue weighted by atomic mass is 9.97. The summed E-state index contributed by atoms with van der Waals surface area (Å²) in [7, 11) is 0. The minimum atomic E-state index is -0.384. The maximum atomic E-state index is 14.9. The molecule has 1 aromatic heterocycles. The SMILES string of the molecule is CCc1cnc(N2CCC(Oc3ccc(-c4ccc(NC#N)cc4F)c4ccccc34)CC2)nc1. The topological polar surface area (TPSA) is 74.1 Å². The summed E-state index contributed by atoms with van der Waals surface area (Å²) < 4.78 is 21.3. The first-order chi connectivity index (χ1) is 17.2. The monoisotopic (exact) mass is 467 g/mol. The predicted molar refractivity (Wildman–Crippen MR) is 136 cm³/mol. The molecule has 0 bridgehead atoms. The van der Waals surface area contributed by atoms with Gasteiger partial charge in [-0.05, 0) is 53.3 Å². The molecule has 1 saturated heterocycles. The smallest absolute Gasteiger partial charge is 0.225 e. The molecule has 6 nitrogen and oxygen atoms in total. The van der Waals surface area contributed by atoms with Crippen LogP contribution in [-0.2, 0) is 6.42 Å². The number of anilines is 2. The lowest BCUT2D eigenvalue weighted by molar-refractivity contribution is 0.172. The van der Waals surface area contributed by atoms with Crippen LogP contribution in [0.5, 0.6) is 5.75 Å². The molecule has 4 aromatic rings. The van der Waals surface area contributed by atoms with Crippen LogP contribution < -0.4 is 15.0 Å². The van der Waals surface area contributed by atoms with Crippen molar-refractivity contribution in [2.75, 3.05) is 23.3 Å². The highest BCUT2D eigenvalue weighted by atomic mass is 19.1. The standard InChI is InChI=1S/C28H26FN5O/c1-2-19-16-31-28(32-17-19)34-13-11-21(12-14-34)35-27-10-9-23(22-5-3-4-6-25(22)27)24-8-7-20(33-18-30)15-26(24)29/h3-10,15-17,21,33H,2,11-14H2,1H3. The average Bonchev–Trinajstić information content (AvgIpc) is 2.90. The number of rotatable bonds is 6. The summed E-state index contributed by atoms with van der Waals surface area (Å²) in [5.41, 5.74) is 2.84. The highest BCUT2D eigenvalue weighted by Crippen LogP contribution is 2.37. The minimum Gasteiger partial charge on any atom is -0.490 e. The second-order valence-electron chi connectivity index (χ2n) is 8.64. The third-order valence-electron chi connectivity index (χ3n) is 6.46. The van der Waals surface area contributed by atoms with E-state index in [1.54, 1.807) is 12.1 Å². The number of hydrogen-bond donors (Lipinski definition) is 1. The summed E-state index contributed by atoms with van der Waals surface area (Å²) in [6, 6.07) is 16.5. The number of nitrogens with zero attached hydrogens (tertiary/aromatic N) is 4. The zero-order valence-electron chi connectivity index (χ0n) is 19.5. The van der Waals surface area contributed by atoms with Crippen molar-refractivity contribution in [3.8, 4) is 23.1 Å². The highest BCUT2D eigenvalue weighted by molar-refractivity contribution is 6.00. The maximum Gasteiger partial charge on any atom is 0.225 e. The minimum absolute atomic E-state index is 0.0866. The molecule has 3 aromatic carbocycles. The van der Waals surface area contributed by atoms with Gasteiger partial charge in [0.1, 0.15) is 17.7 Å². The van der Waals surface area contributed by atoms with E-state index in [9.17, 15) is 4.39 Å². The number of halogens is 1. The molecule has 176 valence electrons. The normalized spacial score (nSPS) is 14.0.